The van der Waals surface area contributed by atoms with Crippen LogP contribution in [-0.4, -0.2) is 36.7 Å². The Kier molecular flexibility index (Phi) is 5.59. The van der Waals surface area contributed by atoms with Crippen LogP contribution in [0.15, 0.2) is 11.6 Å². The van der Waals surface area contributed by atoms with Crippen LogP contribution in [0, 0.1) is 17.3 Å². The predicted molar refractivity (Wildman–Crippen MR) is 90.5 cm³/mol. The van der Waals surface area contributed by atoms with Gasteiger partial charge in [0.15, 0.2) is 5.41 Å². The predicted octanol–water partition coefficient (Wildman–Crippen LogP) is 2.80. The molecule has 0 radical (unpaired) electrons. The number of carbonyl (C=O) groups excluding carboxylic acids is 3. The van der Waals surface area contributed by atoms with Gasteiger partial charge in [-0.25, -0.2) is 0 Å². The fraction of sp³-hybridized carbons (Fsp3) is 0.737. The molecule has 1 saturated carbocycles. The molecule has 2 atom stereocenters. The van der Waals surface area contributed by atoms with Crippen molar-refractivity contribution in [2.75, 3.05) is 13.2 Å². The first kappa shape index (κ1) is 19.5. The van der Waals surface area contributed by atoms with Gasteiger partial charge in [-0.1, -0.05) is 11.6 Å². The highest BCUT2D eigenvalue weighted by Gasteiger charge is 2.56. The lowest BCUT2D eigenvalue weighted by Gasteiger charge is -2.24. The summed E-state index contributed by atoms with van der Waals surface area (Å²) in [7, 11) is 0. The monoisotopic (exact) mass is 352 g/mol. The van der Waals surface area contributed by atoms with Crippen molar-refractivity contribution in [3.05, 3.63) is 11.6 Å². The normalized spacial score (nSPS) is 24.3. The lowest BCUT2D eigenvalue weighted by Crippen LogP contribution is -2.40. The summed E-state index contributed by atoms with van der Waals surface area (Å²) in [6.07, 6.45) is 3.11. The van der Waals surface area contributed by atoms with Gasteiger partial charge in [0.05, 0.1) is 19.1 Å². The molecule has 2 aliphatic carbocycles. The minimum Gasteiger partial charge on any atom is -0.465 e. The zero-order valence-electron chi connectivity index (χ0n) is 15.7. The van der Waals surface area contributed by atoms with Gasteiger partial charge >= 0.3 is 17.9 Å². The second-order valence-corrected chi connectivity index (χ2v) is 7.67. The molecular formula is C19H28O6. The molecule has 0 spiro atoms. The standard InChI is InChI=1S/C19H28O6/c1-6-23-16(21)19(17(22)24-7-2)9-8-12(11-19)13-10-14(13)15(20)25-18(3,4)5/h8,13-14H,6-7,9-11H2,1-5H3/t13-,14-/m1/s1. The van der Waals surface area contributed by atoms with E-state index in [0.717, 1.165) is 5.57 Å². The lowest BCUT2D eigenvalue weighted by molar-refractivity contribution is -0.171. The average Bonchev–Trinajstić information content (AvgIpc) is 3.18. The molecule has 0 aromatic carbocycles. The molecular weight excluding hydrogens is 324 g/mol. The highest BCUT2D eigenvalue weighted by atomic mass is 16.6. The quantitative estimate of drug-likeness (QED) is 0.316. The maximum atomic E-state index is 12.4. The third-order valence-electron chi connectivity index (χ3n) is 4.53. The molecule has 2 aliphatic rings. The molecule has 2 rings (SSSR count). The molecule has 0 bridgehead atoms. The Balaban J connectivity index is 2.06. The summed E-state index contributed by atoms with van der Waals surface area (Å²) in [6, 6.07) is 0. The Bertz CT molecular complexity index is 565. The fourth-order valence-corrected chi connectivity index (χ4v) is 3.26. The average molecular weight is 352 g/mol. The number of carbonyl (C=O) groups is 3. The van der Waals surface area contributed by atoms with E-state index < -0.39 is 23.0 Å². The molecule has 1 fully saturated rings. The number of ether oxygens (including phenoxy) is 3. The summed E-state index contributed by atoms with van der Waals surface area (Å²) in [5.74, 6) is -1.46. The number of esters is 3. The Labute approximate surface area is 148 Å². The SMILES string of the molecule is CCOC(=O)C1(C(=O)OCC)CC=C([C@H]2C[C@H]2C(=O)OC(C)(C)C)C1. The minimum absolute atomic E-state index is 0.0422. The molecule has 140 valence electrons. The van der Waals surface area contributed by atoms with Crippen molar-refractivity contribution < 1.29 is 28.6 Å². The summed E-state index contributed by atoms with van der Waals surface area (Å²) in [5, 5.41) is 0. The van der Waals surface area contributed by atoms with E-state index in [9.17, 15) is 14.4 Å². The molecule has 6 nitrogen and oxygen atoms in total. The smallest absolute Gasteiger partial charge is 0.324 e. The van der Waals surface area contributed by atoms with Crippen LogP contribution in [0.25, 0.3) is 0 Å². The van der Waals surface area contributed by atoms with Crippen LogP contribution in [0.5, 0.6) is 0 Å². The Morgan fingerprint density at radius 2 is 1.68 bits per heavy atom. The van der Waals surface area contributed by atoms with Crippen LogP contribution in [0.2, 0.25) is 0 Å². The highest BCUT2D eigenvalue weighted by molar-refractivity contribution is 6.01. The van der Waals surface area contributed by atoms with Crippen molar-refractivity contribution >= 4 is 17.9 Å². The topological polar surface area (TPSA) is 78.9 Å². The van der Waals surface area contributed by atoms with Crippen molar-refractivity contribution in [2.24, 2.45) is 17.3 Å². The van der Waals surface area contributed by atoms with Crippen LogP contribution in [0.4, 0.5) is 0 Å². The van der Waals surface area contributed by atoms with Crippen LogP contribution in [0.1, 0.15) is 53.9 Å². The summed E-state index contributed by atoms with van der Waals surface area (Å²) in [5.41, 5.74) is -0.868. The Morgan fingerprint density at radius 1 is 1.12 bits per heavy atom. The third-order valence-corrected chi connectivity index (χ3v) is 4.53. The molecule has 0 heterocycles. The second-order valence-electron chi connectivity index (χ2n) is 7.67. The van der Waals surface area contributed by atoms with E-state index in [1.54, 1.807) is 13.8 Å². The largest absolute Gasteiger partial charge is 0.465 e. The van der Waals surface area contributed by atoms with E-state index in [4.69, 9.17) is 14.2 Å². The van der Waals surface area contributed by atoms with Crippen molar-refractivity contribution in [3.8, 4) is 0 Å². The van der Waals surface area contributed by atoms with Crippen molar-refractivity contribution in [1.29, 1.82) is 0 Å². The van der Waals surface area contributed by atoms with E-state index in [1.807, 2.05) is 26.8 Å². The van der Waals surface area contributed by atoms with Gasteiger partial charge in [-0.2, -0.15) is 0 Å². The van der Waals surface area contributed by atoms with Gasteiger partial charge in [0.2, 0.25) is 0 Å². The van der Waals surface area contributed by atoms with Crippen LogP contribution < -0.4 is 0 Å². The zero-order chi connectivity index (χ0) is 18.8. The van der Waals surface area contributed by atoms with Gasteiger partial charge in [-0.3, -0.25) is 14.4 Å². The molecule has 0 saturated heterocycles. The van der Waals surface area contributed by atoms with Gasteiger partial charge < -0.3 is 14.2 Å². The first-order valence-electron chi connectivity index (χ1n) is 8.91. The number of hydrogen-bond acceptors (Lipinski definition) is 6. The highest BCUT2D eigenvalue weighted by Crippen LogP contribution is 2.53. The van der Waals surface area contributed by atoms with E-state index in [2.05, 4.69) is 0 Å². The zero-order valence-corrected chi connectivity index (χ0v) is 15.7. The maximum absolute atomic E-state index is 12.4. The molecule has 0 aromatic rings. The number of rotatable bonds is 6. The van der Waals surface area contributed by atoms with E-state index >= 15 is 0 Å². The van der Waals surface area contributed by atoms with Crippen molar-refractivity contribution in [1.82, 2.24) is 0 Å². The van der Waals surface area contributed by atoms with Crippen LogP contribution >= 0.6 is 0 Å². The Morgan fingerprint density at radius 3 is 2.16 bits per heavy atom. The summed E-state index contributed by atoms with van der Waals surface area (Å²) in [4.78, 5) is 37.0. The fourth-order valence-electron chi connectivity index (χ4n) is 3.26. The van der Waals surface area contributed by atoms with Gasteiger partial charge in [0.1, 0.15) is 5.60 Å². The van der Waals surface area contributed by atoms with Gasteiger partial charge in [0, 0.05) is 0 Å². The molecule has 0 unspecified atom stereocenters. The first-order chi connectivity index (χ1) is 11.6. The summed E-state index contributed by atoms with van der Waals surface area (Å²) < 4.78 is 15.7. The summed E-state index contributed by atoms with van der Waals surface area (Å²) >= 11 is 0. The van der Waals surface area contributed by atoms with E-state index in [0.29, 0.717) is 6.42 Å². The van der Waals surface area contributed by atoms with Crippen LogP contribution in [-0.2, 0) is 28.6 Å². The molecule has 6 heteroatoms. The molecule has 0 aromatic heterocycles. The molecule has 0 N–H and O–H groups in total. The first-order valence-corrected chi connectivity index (χ1v) is 8.91. The lowest BCUT2D eigenvalue weighted by atomic mass is 9.83. The molecule has 0 aliphatic heterocycles. The maximum Gasteiger partial charge on any atom is 0.324 e. The third kappa shape index (κ3) is 4.22. The van der Waals surface area contributed by atoms with Gasteiger partial charge in [-0.15, -0.1) is 0 Å². The molecule has 0 amide bonds. The summed E-state index contributed by atoms with van der Waals surface area (Å²) in [6.45, 7) is 9.34. The minimum atomic E-state index is -1.30. The van der Waals surface area contributed by atoms with Crippen molar-refractivity contribution in [2.45, 2.75) is 59.5 Å². The van der Waals surface area contributed by atoms with Gasteiger partial charge in [0.25, 0.3) is 0 Å². The van der Waals surface area contributed by atoms with E-state index in [1.165, 1.54) is 0 Å². The van der Waals surface area contributed by atoms with Crippen LogP contribution in [0.3, 0.4) is 0 Å². The van der Waals surface area contributed by atoms with Gasteiger partial charge in [-0.05, 0) is 59.8 Å². The second kappa shape index (κ2) is 7.18. The molecule has 25 heavy (non-hydrogen) atoms. The van der Waals surface area contributed by atoms with E-state index in [-0.39, 0.29) is 43.9 Å². The van der Waals surface area contributed by atoms with Crippen molar-refractivity contribution in [3.63, 3.8) is 0 Å². The number of allylic oxidation sites excluding steroid dienone is 2. The Hall–Kier alpha value is -1.85. The number of hydrogen-bond donors (Lipinski definition) is 0.